The molecule has 0 aliphatic heterocycles. The minimum Gasteiger partial charge on any atom is -0.480 e. The first kappa shape index (κ1) is 13.8. The van der Waals surface area contributed by atoms with Gasteiger partial charge in [-0.05, 0) is 10.8 Å². The highest BCUT2D eigenvalue weighted by Crippen LogP contribution is 2.69. The van der Waals surface area contributed by atoms with E-state index in [0.717, 1.165) is 0 Å². The monoisotopic (exact) mass is 264 g/mol. The summed E-state index contributed by atoms with van der Waals surface area (Å²) in [4.78, 5) is 20.9. The fraction of sp³-hybridized carbons (Fsp3) is 0.643. The summed E-state index contributed by atoms with van der Waals surface area (Å²) in [5.74, 6) is 0.490. The van der Waals surface area contributed by atoms with Crippen molar-refractivity contribution >= 4 is 5.78 Å². The maximum absolute atomic E-state index is 12.6. The molecule has 1 aromatic rings. The van der Waals surface area contributed by atoms with Crippen LogP contribution >= 0.6 is 0 Å². The lowest BCUT2D eigenvalue weighted by atomic mass is 10.0. The Balaban J connectivity index is 2.36. The number of ketones is 1. The third-order valence-electron chi connectivity index (χ3n) is 4.64. The maximum atomic E-state index is 12.6. The molecule has 0 bridgehead atoms. The van der Waals surface area contributed by atoms with E-state index in [1.54, 1.807) is 0 Å². The molecule has 1 aromatic heterocycles. The van der Waals surface area contributed by atoms with Crippen molar-refractivity contribution in [2.75, 3.05) is 14.2 Å². The fourth-order valence-corrected chi connectivity index (χ4v) is 2.76. The highest BCUT2D eigenvalue weighted by Gasteiger charge is 2.68. The van der Waals surface area contributed by atoms with Crippen molar-refractivity contribution in [2.45, 2.75) is 27.7 Å². The van der Waals surface area contributed by atoms with Gasteiger partial charge < -0.3 is 9.47 Å². The number of carbonyl (C=O) groups excluding carboxylic acids is 1. The lowest BCUT2D eigenvalue weighted by Gasteiger charge is -2.08. The Hall–Kier alpha value is -1.65. The fourth-order valence-electron chi connectivity index (χ4n) is 2.76. The minimum atomic E-state index is -0.0587. The third-order valence-corrected chi connectivity index (χ3v) is 4.64. The van der Waals surface area contributed by atoms with Gasteiger partial charge >= 0.3 is 0 Å². The van der Waals surface area contributed by atoms with Gasteiger partial charge in [0.05, 0.1) is 20.4 Å². The van der Waals surface area contributed by atoms with Crippen LogP contribution in [0.1, 0.15) is 38.2 Å². The molecule has 5 nitrogen and oxygen atoms in total. The van der Waals surface area contributed by atoms with Gasteiger partial charge in [0, 0.05) is 5.92 Å². The molecule has 0 spiro atoms. The van der Waals surface area contributed by atoms with Crippen molar-refractivity contribution in [3.05, 3.63) is 11.9 Å². The number of Topliss-reactive ketones (excluding diaryl/α,β-unsaturated/α-hetero) is 1. The van der Waals surface area contributed by atoms with Crippen LogP contribution in [0.2, 0.25) is 0 Å². The second-order valence-electron chi connectivity index (χ2n) is 6.01. The average Bonchev–Trinajstić information content (AvgIpc) is 2.78. The van der Waals surface area contributed by atoms with E-state index in [1.165, 1.54) is 20.4 Å². The van der Waals surface area contributed by atoms with Crippen LogP contribution < -0.4 is 9.47 Å². The molecule has 0 N–H and O–H groups in total. The van der Waals surface area contributed by atoms with Crippen LogP contribution in [0.15, 0.2) is 6.20 Å². The molecule has 1 saturated carbocycles. The Kier molecular flexibility index (Phi) is 3.03. The Labute approximate surface area is 113 Å². The molecule has 5 heteroatoms. The molecule has 104 valence electrons. The van der Waals surface area contributed by atoms with Gasteiger partial charge in [0.1, 0.15) is 0 Å². The molecule has 1 aliphatic rings. The molecule has 1 heterocycles. The topological polar surface area (TPSA) is 61.3 Å². The number of ether oxygens (including phenoxy) is 2. The van der Waals surface area contributed by atoms with Crippen LogP contribution in [0.3, 0.4) is 0 Å². The SMILES string of the molecule is COc1cnc(C(=O)C2C(C)(C)C2(C)C)c(OC)n1. The third kappa shape index (κ3) is 1.88. The summed E-state index contributed by atoms with van der Waals surface area (Å²) in [7, 11) is 2.97. The van der Waals surface area contributed by atoms with Gasteiger partial charge in [-0.15, -0.1) is 0 Å². The van der Waals surface area contributed by atoms with Crippen LogP contribution in [-0.4, -0.2) is 30.0 Å². The lowest BCUT2D eigenvalue weighted by molar-refractivity contribution is 0.0935. The van der Waals surface area contributed by atoms with Gasteiger partial charge in [0.15, 0.2) is 11.5 Å². The van der Waals surface area contributed by atoms with Gasteiger partial charge in [0.25, 0.3) is 0 Å². The summed E-state index contributed by atoms with van der Waals surface area (Å²) in [6.45, 7) is 8.38. The van der Waals surface area contributed by atoms with Crippen LogP contribution in [0.4, 0.5) is 0 Å². The van der Waals surface area contributed by atoms with Crippen molar-refractivity contribution in [3.8, 4) is 11.8 Å². The first-order valence-corrected chi connectivity index (χ1v) is 6.26. The largest absolute Gasteiger partial charge is 0.480 e. The van der Waals surface area contributed by atoms with E-state index >= 15 is 0 Å². The molecule has 0 atom stereocenters. The van der Waals surface area contributed by atoms with E-state index in [4.69, 9.17) is 9.47 Å². The zero-order valence-electron chi connectivity index (χ0n) is 12.3. The molecule has 1 aliphatic carbocycles. The van der Waals surface area contributed by atoms with Crippen LogP contribution in [0, 0.1) is 16.7 Å². The summed E-state index contributed by atoms with van der Waals surface area (Å²) in [5, 5.41) is 0. The summed E-state index contributed by atoms with van der Waals surface area (Å²) in [6.07, 6.45) is 1.44. The van der Waals surface area contributed by atoms with E-state index in [2.05, 4.69) is 37.7 Å². The number of rotatable bonds is 4. The van der Waals surface area contributed by atoms with Crippen molar-refractivity contribution in [3.63, 3.8) is 0 Å². The summed E-state index contributed by atoms with van der Waals surface area (Å²) >= 11 is 0. The van der Waals surface area contributed by atoms with E-state index in [0.29, 0.717) is 5.88 Å². The predicted molar refractivity (Wildman–Crippen MR) is 70.5 cm³/mol. The van der Waals surface area contributed by atoms with Crippen molar-refractivity contribution in [1.29, 1.82) is 0 Å². The Morgan fingerprint density at radius 2 is 1.74 bits per heavy atom. The van der Waals surface area contributed by atoms with Crippen LogP contribution in [0.25, 0.3) is 0 Å². The van der Waals surface area contributed by atoms with Crippen LogP contribution in [0.5, 0.6) is 11.8 Å². The first-order chi connectivity index (χ1) is 8.77. The molecule has 1 fully saturated rings. The lowest BCUT2D eigenvalue weighted by Crippen LogP contribution is -2.12. The van der Waals surface area contributed by atoms with Crippen molar-refractivity contribution < 1.29 is 14.3 Å². The normalized spacial score (nSPS) is 19.9. The van der Waals surface area contributed by atoms with E-state index in [9.17, 15) is 4.79 Å². The number of hydrogen-bond acceptors (Lipinski definition) is 5. The van der Waals surface area contributed by atoms with Gasteiger partial charge in [0.2, 0.25) is 11.8 Å². The van der Waals surface area contributed by atoms with E-state index in [-0.39, 0.29) is 34.1 Å². The Morgan fingerprint density at radius 1 is 1.16 bits per heavy atom. The summed E-state index contributed by atoms with van der Waals surface area (Å²) < 4.78 is 10.1. The second kappa shape index (κ2) is 4.18. The number of hydrogen-bond donors (Lipinski definition) is 0. The Morgan fingerprint density at radius 3 is 2.16 bits per heavy atom. The molecular weight excluding hydrogens is 244 g/mol. The maximum Gasteiger partial charge on any atom is 0.246 e. The molecule has 19 heavy (non-hydrogen) atoms. The number of methoxy groups -OCH3 is 2. The first-order valence-electron chi connectivity index (χ1n) is 6.26. The zero-order chi connectivity index (χ0) is 14.4. The average molecular weight is 264 g/mol. The second-order valence-corrected chi connectivity index (χ2v) is 6.01. The van der Waals surface area contributed by atoms with Gasteiger partial charge in [-0.3, -0.25) is 4.79 Å². The standard InChI is InChI=1S/C14H20N2O3/c1-13(2)11(14(13,3)4)10(17)9-12(19-6)16-8(18-5)7-15-9/h7,11H,1-6H3. The predicted octanol–water partition coefficient (Wildman–Crippen LogP) is 2.36. The van der Waals surface area contributed by atoms with E-state index < -0.39 is 0 Å². The molecule has 2 rings (SSSR count). The molecule has 0 saturated heterocycles. The van der Waals surface area contributed by atoms with Gasteiger partial charge in [-0.2, -0.15) is 4.98 Å². The molecule has 0 radical (unpaired) electrons. The molecule has 0 amide bonds. The van der Waals surface area contributed by atoms with E-state index in [1.807, 2.05) is 0 Å². The molecular formula is C14H20N2O3. The quantitative estimate of drug-likeness (QED) is 0.781. The molecule has 0 aromatic carbocycles. The highest BCUT2D eigenvalue weighted by atomic mass is 16.5. The summed E-state index contributed by atoms with van der Waals surface area (Å²) in [6, 6.07) is 0. The minimum absolute atomic E-state index is 0.0120. The van der Waals surface area contributed by atoms with Gasteiger partial charge in [-0.25, -0.2) is 4.98 Å². The highest BCUT2D eigenvalue weighted by molar-refractivity contribution is 6.01. The summed E-state index contributed by atoms with van der Waals surface area (Å²) in [5.41, 5.74) is 0.222. The van der Waals surface area contributed by atoms with Crippen LogP contribution in [-0.2, 0) is 0 Å². The van der Waals surface area contributed by atoms with Crippen molar-refractivity contribution in [1.82, 2.24) is 9.97 Å². The molecule has 0 unspecified atom stereocenters. The zero-order valence-corrected chi connectivity index (χ0v) is 12.3. The number of carbonyl (C=O) groups is 1. The smallest absolute Gasteiger partial charge is 0.246 e. The van der Waals surface area contributed by atoms with Gasteiger partial charge in [-0.1, -0.05) is 27.7 Å². The Bertz CT molecular complexity index is 509. The number of nitrogens with zero attached hydrogens (tertiary/aromatic N) is 2. The number of aromatic nitrogens is 2. The van der Waals surface area contributed by atoms with Crippen molar-refractivity contribution in [2.24, 2.45) is 16.7 Å².